The molecule has 0 saturated carbocycles. The third kappa shape index (κ3) is 2.46. The summed E-state index contributed by atoms with van der Waals surface area (Å²) in [5.41, 5.74) is 7.57. The lowest BCUT2D eigenvalue weighted by molar-refractivity contribution is 0.737. The summed E-state index contributed by atoms with van der Waals surface area (Å²) in [6.07, 6.45) is 0.717. The van der Waals surface area contributed by atoms with Crippen LogP contribution in [0.1, 0.15) is 12.5 Å². The van der Waals surface area contributed by atoms with E-state index in [1.807, 2.05) is 25.1 Å². The molecule has 0 aliphatic carbocycles. The highest BCUT2D eigenvalue weighted by Crippen LogP contribution is 2.24. The summed E-state index contributed by atoms with van der Waals surface area (Å²) in [4.78, 5) is 4.32. The molecule has 0 aliphatic heterocycles. The molecule has 1 atom stereocenters. The number of hydrogen-bond acceptors (Lipinski definition) is 2. The minimum atomic E-state index is 0.0657. The molecular weight excluding hydrogens is 243 g/mol. The van der Waals surface area contributed by atoms with E-state index >= 15 is 0 Å². The van der Waals surface area contributed by atoms with Crippen LogP contribution in [0.4, 0.5) is 0 Å². The molecule has 2 rings (SSSR count). The van der Waals surface area contributed by atoms with Gasteiger partial charge in [-0.25, -0.2) is 4.98 Å². The fourth-order valence-electron chi connectivity index (χ4n) is 1.66. The van der Waals surface area contributed by atoms with Crippen LogP contribution in [0.3, 0.4) is 0 Å². The predicted octanol–water partition coefficient (Wildman–Crippen LogP) is 3.43. The first-order chi connectivity index (χ1) is 7.56. The molecule has 0 fully saturated rings. The zero-order valence-corrected chi connectivity index (χ0v) is 10.4. The zero-order chi connectivity index (χ0) is 11.7. The Labute approximate surface area is 104 Å². The summed E-state index contributed by atoms with van der Waals surface area (Å²) in [5.74, 6) is 0. The molecular formula is C12H12Cl2N2. The molecule has 0 amide bonds. The van der Waals surface area contributed by atoms with Crippen molar-refractivity contribution in [1.29, 1.82) is 0 Å². The van der Waals surface area contributed by atoms with E-state index in [1.54, 1.807) is 6.07 Å². The highest BCUT2D eigenvalue weighted by atomic mass is 35.5. The standard InChI is InChI=1S/C12H12Cl2N2/c1-7(15)4-9-5-8-6-10(13)2-3-11(8)16-12(9)14/h2-3,5-7H,4,15H2,1H3. The van der Waals surface area contributed by atoms with Crippen LogP contribution in [0.15, 0.2) is 24.3 Å². The molecule has 1 unspecified atom stereocenters. The second kappa shape index (κ2) is 4.58. The maximum absolute atomic E-state index is 6.09. The topological polar surface area (TPSA) is 38.9 Å². The van der Waals surface area contributed by atoms with Crippen molar-refractivity contribution in [1.82, 2.24) is 4.98 Å². The zero-order valence-electron chi connectivity index (χ0n) is 8.87. The molecule has 1 heterocycles. The van der Waals surface area contributed by atoms with Crippen molar-refractivity contribution >= 4 is 34.1 Å². The van der Waals surface area contributed by atoms with Gasteiger partial charge in [-0.05, 0) is 43.2 Å². The molecule has 0 saturated heterocycles. The Kier molecular flexibility index (Phi) is 3.33. The normalized spacial score (nSPS) is 13.0. The molecule has 1 aromatic carbocycles. The lowest BCUT2D eigenvalue weighted by Gasteiger charge is -2.08. The van der Waals surface area contributed by atoms with Crippen LogP contribution in [0, 0.1) is 0 Å². The molecule has 0 aliphatic rings. The van der Waals surface area contributed by atoms with E-state index < -0.39 is 0 Å². The summed E-state index contributed by atoms with van der Waals surface area (Å²) in [5, 5.41) is 2.21. The first-order valence-electron chi connectivity index (χ1n) is 5.06. The first-order valence-corrected chi connectivity index (χ1v) is 5.82. The lowest BCUT2D eigenvalue weighted by atomic mass is 10.1. The fraction of sp³-hybridized carbons (Fsp3) is 0.250. The number of hydrogen-bond donors (Lipinski definition) is 1. The highest BCUT2D eigenvalue weighted by Gasteiger charge is 2.07. The van der Waals surface area contributed by atoms with Gasteiger partial charge in [-0.1, -0.05) is 23.2 Å². The number of benzene rings is 1. The minimum Gasteiger partial charge on any atom is -0.328 e. The molecule has 84 valence electrons. The van der Waals surface area contributed by atoms with Crippen molar-refractivity contribution in [2.45, 2.75) is 19.4 Å². The van der Waals surface area contributed by atoms with E-state index in [2.05, 4.69) is 4.98 Å². The van der Waals surface area contributed by atoms with Crippen molar-refractivity contribution in [3.8, 4) is 0 Å². The van der Waals surface area contributed by atoms with Crippen LogP contribution >= 0.6 is 23.2 Å². The summed E-state index contributed by atoms with van der Waals surface area (Å²) in [7, 11) is 0. The van der Waals surface area contributed by atoms with Crippen molar-refractivity contribution in [3.05, 3.63) is 40.0 Å². The predicted molar refractivity (Wildman–Crippen MR) is 69.1 cm³/mol. The van der Waals surface area contributed by atoms with Gasteiger partial charge < -0.3 is 5.73 Å². The molecule has 4 heteroatoms. The van der Waals surface area contributed by atoms with Crippen LogP contribution in [0.25, 0.3) is 10.9 Å². The van der Waals surface area contributed by atoms with Crippen LogP contribution in [0.5, 0.6) is 0 Å². The van der Waals surface area contributed by atoms with Crippen molar-refractivity contribution < 1.29 is 0 Å². The average Bonchev–Trinajstić information content (AvgIpc) is 2.19. The van der Waals surface area contributed by atoms with Gasteiger partial charge in [0.15, 0.2) is 0 Å². The van der Waals surface area contributed by atoms with Gasteiger partial charge in [-0.3, -0.25) is 0 Å². The average molecular weight is 255 g/mol. The van der Waals surface area contributed by atoms with Crippen LogP contribution in [-0.2, 0) is 6.42 Å². The van der Waals surface area contributed by atoms with Crippen molar-refractivity contribution in [3.63, 3.8) is 0 Å². The second-order valence-corrected chi connectivity index (χ2v) is 4.75. The number of pyridine rings is 1. The monoisotopic (exact) mass is 254 g/mol. The Hall–Kier alpha value is -0.830. The van der Waals surface area contributed by atoms with Crippen LogP contribution < -0.4 is 5.73 Å². The Morgan fingerprint density at radius 1 is 1.31 bits per heavy atom. The summed E-state index contributed by atoms with van der Waals surface area (Å²) in [6, 6.07) is 7.61. The minimum absolute atomic E-state index is 0.0657. The van der Waals surface area contributed by atoms with Gasteiger partial charge in [0.2, 0.25) is 0 Å². The van der Waals surface area contributed by atoms with E-state index in [-0.39, 0.29) is 6.04 Å². The molecule has 2 aromatic rings. The van der Waals surface area contributed by atoms with Gasteiger partial charge in [0.05, 0.1) is 5.52 Å². The third-order valence-electron chi connectivity index (χ3n) is 2.34. The first kappa shape index (κ1) is 11.6. The SMILES string of the molecule is CC(N)Cc1cc2cc(Cl)ccc2nc1Cl. The quantitative estimate of drug-likeness (QED) is 0.835. The Morgan fingerprint density at radius 2 is 2.06 bits per heavy atom. The molecule has 0 spiro atoms. The largest absolute Gasteiger partial charge is 0.328 e. The van der Waals surface area contributed by atoms with Gasteiger partial charge in [-0.15, -0.1) is 0 Å². The van der Waals surface area contributed by atoms with Crippen LogP contribution in [0.2, 0.25) is 10.2 Å². The number of fused-ring (bicyclic) bond motifs is 1. The summed E-state index contributed by atoms with van der Waals surface area (Å²) in [6.45, 7) is 1.94. The van der Waals surface area contributed by atoms with Crippen LogP contribution in [-0.4, -0.2) is 11.0 Å². The highest BCUT2D eigenvalue weighted by molar-refractivity contribution is 6.32. The maximum Gasteiger partial charge on any atom is 0.133 e. The Bertz CT molecular complexity index is 524. The second-order valence-electron chi connectivity index (χ2n) is 3.96. The van der Waals surface area contributed by atoms with Gasteiger partial charge in [-0.2, -0.15) is 0 Å². The summed E-state index contributed by atoms with van der Waals surface area (Å²) >= 11 is 12.0. The van der Waals surface area contributed by atoms with E-state index in [0.29, 0.717) is 16.6 Å². The van der Waals surface area contributed by atoms with E-state index in [1.165, 1.54) is 0 Å². The summed E-state index contributed by atoms with van der Waals surface area (Å²) < 4.78 is 0. The Morgan fingerprint density at radius 3 is 2.75 bits per heavy atom. The van der Waals surface area contributed by atoms with Gasteiger partial charge in [0.25, 0.3) is 0 Å². The molecule has 0 bridgehead atoms. The molecule has 2 nitrogen and oxygen atoms in total. The molecule has 0 radical (unpaired) electrons. The Balaban J connectivity index is 2.55. The lowest BCUT2D eigenvalue weighted by Crippen LogP contribution is -2.18. The van der Waals surface area contributed by atoms with E-state index in [9.17, 15) is 0 Å². The smallest absolute Gasteiger partial charge is 0.133 e. The molecule has 2 N–H and O–H groups in total. The van der Waals surface area contributed by atoms with Gasteiger partial charge in [0.1, 0.15) is 5.15 Å². The van der Waals surface area contributed by atoms with Gasteiger partial charge in [0, 0.05) is 16.5 Å². The third-order valence-corrected chi connectivity index (χ3v) is 2.91. The van der Waals surface area contributed by atoms with Crippen molar-refractivity contribution in [2.75, 3.05) is 0 Å². The number of nitrogens with zero attached hydrogens (tertiary/aromatic N) is 1. The maximum atomic E-state index is 6.09. The molecule has 16 heavy (non-hydrogen) atoms. The van der Waals surface area contributed by atoms with Crippen molar-refractivity contribution in [2.24, 2.45) is 5.73 Å². The number of nitrogens with two attached hydrogens (primary N) is 1. The molecule has 1 aromatic heterocycles. The fourth-order valence-corrected chi connectivity index (χ4v) is 2.06. The van der Waals surface area contributed by atoms with E-state index in [4.69, 9.17) is 28.9 Å². The number of rotatable bonds is 2. The number of aromatic nitrogens is 1. The van der Waals surface area contributed by atoms with Gasteiger partial charge >= 0.3 is 0 Å². The number of halogens is 2. The van der Waals surface area contributed by atoms with E-state index in [0.717, 1.165) is 16.5 Å².